The van der Waals surface area contributed by atoms with Gasteiger partial charge in [-0.2, -0.15) is 0 Å². The Bertz CT molecular complexity index is 777. The number of phenolic OH excluding ortho intramolecular Hbond substituents is 1. The summed E-state index contributed by atoms with van der Waals surface area (Å²) in [6, 6.07) is 5.27. The second-order valence-electron chi connectivity index (χ2n) is 6.85. The van der Waals surface area contributed by atoms with Crippen molar-refractivity contribution in [2.45, 2.75) is 40.0 Å². The second kappa shape index (κ2) is 10.3. The highest BCUT2D eigenvalue weighted by Crippen LogP contribution is 2.31. The number of aromatic nitrogens is 1. The summed E-state index contributed by atoms with van der Waals surface area (Å²) in [5, 5.41) is 10.3. The van der Waals surface area contributed by atoms with Crippen molar-refractivity contribution in [3.8, 4) is 17.2 Å². The third-order valence-corrected chi connectivity index (χ3v) is 4.45. The number of carbonyl (C=O) groups is 1. The molecule has 0 aliphatic rings. The summed E-state index contributed by atoms with van der Waals surface area (Å²) in [5.41, 5.74) is 0.964. The van der Waals surface area contributed by atoms with Gasteiger partial charge in [0.25, 0.3) is 0 Å². The normalized spacial score (nSPS) is 10.9. The molecule has 1 aromatic carbocycles. The van der Waals surface area contributed by atoms with Crippen LogP contribution in [0.3, 0.4) is 0 Å². The van der Waals surface area contributed by atoms with E-state index in [0.717, 1.165) is 23.1 Å². The summed E-state index contributed by atoms with van der Waals surface area (Å²) >= 11 is 3.36. The number of rotatable bonds is 10. The van der Waals surface area contributed by atoms with Crippen LogP contribution in [0.4, 0.5) is 0 Å². The summed E-state index contributed by atoms with van der Waals surface area (Å²) in [4.78, 5) is 16.2. The smallest absolute Gasteiger partial charge is 0.166 e. The van der Waals surface area contributed by atoms with Gasteiger partial charge < -0.3 is 14.6 Å². The van der Waals surface area contributed by atoms with Crippen molar-refractivity contribution in [2.75, 3.05) is 13.2 Å². The lowest BCUT2D eigenvalue weighted by atomic mass is 9.98. The zero-order valence-electron chi connectivity index (χ0n) is 16.0. The second-order valence-corrected chi connectivity index (χ2v) is 7.76. The van der Waals surface area contributed by atoms with Gasteiger partial charge in [0.05, 0.1) is 25.0 Å². The number of halogens is 1. The van der Waals surface area contributed by atoms with Gasteiger partial charge in [0.2, 0.25) is 0 Å². The Morgan fingerprint density at radius 2 is 1.89 bits per heavy atom. The van der Waals surface area contributed by atoms with Gasteiger partial charge in [0.15, 0.2) is 5.78 Å². The Morgan fingerprint density at radius 3 is 2.56 bits per heavy atom. The number of unbranched alkanes of at least 4 members (excludes halogenated alkanes) is 1. The maximum atomic E-state index is 12.2. The molecule has 0 fully saturated rings. The number of ether oxygens (including phenoxy) is 2. The molecule has 2 rings (SSSR count). The van der Waals surface area contributed by atoms with E-state index in [1.807, 2.05) is 19.9 Å². The molecule has 1 heterocycles. The van der Waals surface area contributed by atoms with Crippen molar-refractivity contribution in [1.82, 2.24) is 4.98 Å². The van der Waals surface area contributed by atoms with Crippen LogP contribution in [0.1, 0.15) is 49.0 Å². The fourth-order valence-electron chi connectivity index (χ4n) is 2.59. The van der Waals surface area contributed by atoms with Crippen LogP contribution in [0.2, 0.25) is 0 Å². The fourth-order valence-corrected chi connectivity index (χ4v) is 2.94. The molecule has 0 spiro atoms. The van der Waals surface area contributed by atoms with Crippen molar-refractivity contribution in [3.05, 3.63) is 46.2 Å². The van der Waals surface area contributed by atoms with Crippen molar-refractivity contribution in [1.29, 1.82) is 0 Å². The third-order valence-electron chi connectivity index (χ3n) is 4.02. The maximum absolute atomic E-state index is 12.2. The van der Waals surface area contributed by atoms with E-state index in [1.54, 1.807) is 31.5 Å². The summed E-state index contributed by atoms with van der Waals surface area (Å²) in [6.07, 6.45) is 5.45. The molecule has 0 aliphatic heterocycles. The first kappa shape index (κ1) is 21.2. The Balaban J connectivity index is 1.79. The predicted molar refractivity (Wildman–Crippen MR) is 109 cm³/mol. The first-order valence-electron chi connectivity index (χ1n) is 9.10. The number of nitrogens with zero attached hydrogens (tertiary/aromatic N) is 1. The van der Waals surface area contributed by atoms with Crippen molar-refractivity contribution >= 4 is 21.7 Å². The Labute approximate surface area is 168 Å². The molecule has 1 aromatic heterocycles. The molecule has 146 valence electrons. The largest absolute Gasteiger partial charge is 0.507 e. The molecule has 6 heteroatoms. The molecule has 0 saturated heterocycles. The predicted octanol–water partition coefficient (Wildman–Crippen LogP) is 5.32. The fraction of sp³-hybridized carbons (Fsp3) is 0.429. The highest BCUT2D eigenvalue weighted by Gasteiger charge is 2.16. The van der Waals surface area contributed by atoms with Crippen LogP contribution >= 0.6 is 15.9 Å². The van der Waals surface area contributed by atoms with Gasteiger partial charge in [-0.1, -0.05) is 13.8 Å². The van der Waals surface area contributed by atoms with Gasteiger partial charge in [-0.05, 0) is 59.8 Å². The number of carbonyl (C=O) groups excluding carboxylic acids is 1. The van der Waals surface area contributed by atoms with E-state index in [-0.39, 0.29) is 17.5 Å². The lowest BCUT2D eigenvalue weighted by Crippen LogP contribution is -2.06. The maximum Gasteiger partial charge on any atom is 0.166 e. The summed E-state index contributed by atoms with van der Waals surface area (Å²) in [5.74, 6) is 1.56. The van der Waals surface area contributed by atoms with E-state index in [2.05, 4.69) is 20.9 Å². The number of benzene rings is 1. The Morgan fingerprint density at radius 1 is 1.19 bits per heavy atom. The zero-order valence-corrected chi connectivity index (χ0v) is 17.6. The molecule has 5 nitrogen and oxygen atoms in total. The van der Waals surface area contributed by atoms with Gasteiger partial charge in [-0.3, -0.25) is 9.78 Å². The van der Waals surface area contributed by atoms with E-state index in [1.165, 1.54) is 0 Å². The van der Waals surface area contributed by atoms with Crippen LogP contribution in [0.5, 0.6) is 17.2 Å². The van der Waals surface area contributed by atoms with Gasteiger partial charge in [-0.25, -0.2) is 0 Å². The van der Waals surface area contributed by atoms with Crippen LogP contribution < -0.4 is 9.47 Å². The molecular formula is C21H26BrNO4. The van der Waals surface area contributed by atoms with Crippen LogP contribution in [0.25, 0.3) is 0 Å². The Kier molecular flexibility index (Phi) is 8.10. The molecule has 1 N–H and O–H groups in total. The average molecular weight is 436 g/mol. The molecule has 0 radical (unpaired) electrons. The molecular weight excluding hydrogens is 410 g/mol. The van der Waals surface area contributed by atoms with Gasteiger partial charge in [-0.15, -0.1) is 0 Å². The number of ketones is 1. The quantitative estimate of drug-likeness (QED) is 0.403. The standard InChI is InChI=1S/C21H26BrNO4/c1-14(2)10-19(24)18-6-7-20(15(3)21(18)25)27-9-5-4-8-26-17-11-16(22)12-23-13-17/h6-7,11-14,25H,4-5,8-10H2,1-3H3. The van der Waals surface area contributed by atoms with Crippen LogP contribution in [-0.4, -0.2) is 29.1 Å². The zero-order chi connectivity index (χ0) is 19.8. The first-order valence-corrected chi connectivity index (χ1v) is 9.89. The van der Waals surface area contributed by atoms with Gasteiger partial charge >= 0.3 is 0 Å². The molecule has 0 aliphatic carbocycles. The number of hydrogen-bond acceptors (Lipinski definition) is 5. The average Bonchev–Trinajstić information content (AvgIpc) is 2.60. The number of Topliss-reactive ketones (excluding diaryl/α,β-unsaturated/α-hetero) is 1. The topological polar surface area (TPSA) is 68.7 Å². The van der Waals surface area contributed by atoms with E-state index in [4.69, 9.17) is 9.47 Å². The number of pyridine rings is 1. The van der Waals surface area contributed by atoms with E-state index in [9.17, 15) is 9.90 Å². The minimum Gasteiger partial charge on any atom is -0.507 e. The third kappa shape index (κ3) is 6.54. The molecule has 0 atom stereocenters. The SMILES string of the molecule is Cc1c(OCCCCOc2cncc(Br)c2)ccc(C(=O)CC(C)C)c1O. The van der Waals surface area contributed by atoms with Gasteiger partial charge in [0.1, 0.15) is 17.2 Å². The van der Waals surface area contributed by atoms with Crippen LogP contribution in [0, 0.1) is 12.8 Å². The van der Waals surface area contributed by atoms with E-state index in [0.29, 0.717) is 36.5 Å². The number of phenols is 1. The lowest BCUT2D eigenvalue weighted by Gasteiger charge is -2.13. The molecule has 0 saturated carbocycles. The molecule has 0 bridgehead atoms. The monoisotopic (exact) mass is 435 g/mol. The molecule has 2 aromatic rings. The molecule has 0 amide bonds. The first-order chi connectivity index (χ1) is 12.9. The lowest BCUT2D eigenvalue weighted by molar-refractivity contribution is 0.0965. The summed E-state index contributed by atoms with van der Waals surface area (Å²) in [7, 11) is 0. The van der Waals surface area contributed by atoms with Crippen molar-refractivity contribution in [3.63, 3.8) is 0 Å². The number of hydrogen-bond donors (Lipinski definition) is 1. The minimum atomic E-state index is -0.0451. The summed E-state index contributed by atoms with van der Waals surface area (Å²) < 4.78 is 12.3. The summed E-state index contributed by atoms with van der Waals surface area (Å²) in [6.45, 7) is 6.82. The molecule has 27 heavy (non-hydrogen) atoms. The van der Waals surface area contributed by atoms with Crippen LogP contribution in [0.15, 0.2) is 35.1 Å². The Hall–Kier alpha value is -2.08. The van der Waals surface area contributed by atoms with Crippen molar-refractivity contribution in [2.24, 2.45) is 5.92 Å². The highest BCUT2D eigenvalue weighted by atomic mass is 79.9. The van der Waals surface area contributed by atoms with Gasteiger partial charge in [0, 0.05) is 22.7 Å². The highest BCUT2D eigenvalue weighted by molar-refractivity contribution is 9.10. The van der Waals surface area contributed by atoms with E-state index >= 15 is 0 Å². The minimum absolute atomic E-state index is 0.0173. The molecule has 0 unspecified atom stereocenters. The van der Waals surface area contributed by atoms with Crippen molar-refractivity contribution < 1.29 is 19.4 Å². The van der Waals surface area contributed by atoms with E-state index < -0.39 is 0 Å². The number of aromatic hydroxyl groups is 1. The van der Waals surface area contributed by atoms with Crippen LogP contribution in [-0.2, 0) is 0 Å².